The van der Waals surface area contributed by atoms with Crippen LogP contribution >= 0.6 is 34.5 Å². The minimum Gasteiger partial charge on any atom is -0.456 e. The van der Waals surface area contributed by atoms with Crippen LogP contribution in [0.25, 0.3) is 10.2 Å². The number of hydrogen-bond donors (Lipinski definition) is 1. The van der Waals surface area contributed by atoms with Crippen LogP contribution in [0.4, 0.5) is 5.69 Å². The third-order valence-electron chi connectivity index (χ3n) is 3.39. The number of thiazole rings is 1. The predicted molar refractivity (Wildman–Crippen MR) is 104 cm³/mol. The summed E-state index contributed by atoms with van der Waals surface area (Å²) in [6.45, 7) is -0.372. The van der Waals surface area contributed by atoms with Crippen molar-refractivity contribution in [3.05, 3.63) is 57.5 Å². The van der Waals surface area contributed by atoms with E-state index in [0.29, 0.717) is 22.2 Å². The lowest BCUT2D eigenvalue weighted by atomic mass is 10.3. The zero-order chi connectivity index (χ0) is 18.5. The molecule has 0 atom stereocenters. The van der Waals surface area contributed by atoms with Crippen LogP contribution < -0.4 is 5.32 Å². The van der Waals surface area contributed by atoms with Crippen LogP contribution in [0.1, 0.15) is 11.4 Å². The molecule has 0 fully saturated rings. The van der Waals surface area contributed by atoms with E-state index < -0.39 is 11.9 Å². The summed E-state index contributed by atoms with van der Waals surface area (Å²) in [6, 6.07) is 12.5. The van der Waals surface area contributed by atoms with Crippen molar-refractivity contribution < 1.29 is 14.3 Å². The number of fused-ring (bicyclic) bond motifs is 1. The first-order valence-electron chi connectivity index (χ1n) is 7.75. The highest BCUT2D eigenvalue weighted by Crippen LogP contribution is 2.23. The number of ether oxygens (including phenoxy) is 1. The monoisotopic (exact) mass is 408 g/mol. The maximum atomic E-state index is 11.8. The van der Waals surface area contributed by atoms with Gasteiger partial charge in [-0.2, -0.15) is 0 Å². The van der Waals surface area contributed by atoms with Crippen molar-refractivity contribution in [2.45, 2.75) is 12.8 Å². The van der Waals surface area contributed by atoms with E-state index in [-0.39, 0.29) is 13.0 Å². The Morgan fingerprint density at radius 3 is 2.58 bits per heavy atom. The second-order valence-electron chi connectivity index (χ2n) is 5.44. The number of esters is 1. The van der Waals surface area contributed by atoms with Gasteiger partial charge in [0, 0.05) is 22.2 Å². The molecule has 1 heterocycles. The standard InChI is InChI=1S/C18H14Cl2N2O3S/c19-11-7-12(20)9-13(8-11)21-16(23)10-25-18(24)6-5-17-22-14-3-1-2-4-15(14)26-17/h1-4,7-9H,5-6,10H2,(H,21,23). The van der Waals surface area contributed by atoms with Crippen molar-refractivity contribution in [1.29, 1.82) is 0 Å². The van der Waals surface area contributed by atoms with Gasteiger partial charge in [-0.1, -0.05) is 35.3 Å². The van der Waals surface area contributed by atoms with Gasteiger partial charge in [0.1, 0.15) is 0 Å². The summed E-state index contributed by atoms with van der Waals surface area (Å²) >= 11 is 13.3. The SMILES string of the molecule is O=C(COC(=O)CCc1nc2ccccc2s1)Nc1cc(Cl)cc(Cl)c1. The minimum absolute atomic E-state index is 0.163. The molecule has 26 heavy (non-hydrogen) atoms. The highest BCUT2D eigenvalue weighted by atomic mass is 35.5. The van der Waals surface area contributed by atoms with Crippen LogP contribution in [0, 0.1) is 0 Å². The minimum atomic E-state index is -0.461. The second kappa shape index (κ2) is 8.49. The van der Waals surface area contributed by atoms with E-state index in [9.17, 15) is 9.59 Å². The van der Waals surface area contributed by atoms with Crippen molar-refractivity contribution in [2.24, 2.45) is 0 Å². The summed E-state index contributed by atoms with van der Waals surface area (Å²) < 4.78 is 6.07. The lowest BCUT2D eigenvalue weighted by Crippen LogP contribution is -2.21. The molecular formula is C18H14Cl2N2O3S. The van der Waals surface area contributed by atoms with Crippen molar-refractivity contribution in [1.82, 2.24) is 4.98 Å². The fourth-order valence-electron chi connectivity index (χ4n) is 2.28. The molecule has 3 rings (SSSR count). The number of halogens is 2. The Morgan fingerprint density at radius 2 is 1.85 bits per heavy atom. The van der Waals surface area contributed by atoms with Crippen LogP contribution in [-0.4, -0.2) is 23.5 Å². The van der Waals surface area contributed by atoms with Crippen molar-refractivity contribution in [3.63, 3.8) is 0 Å². The molecule has 134 valence electrons. The highest BCUT2D eigenvalue weighted by molar-refractivity contribution is 7.18. The maximum absolute atomic E-state index is 11.8. The Morgan fingerprint density at radius 1 is 1.12 bits per heavy atom. The topological polar surface area (TPSA) is 68.3 Å². The van der Waals surface area contributed by atoms with Crippen LogP contribution in [-0.2, 0) is 20.7 Å². The fraction of sp³-hybridized carbons (Fsp3) is 0.167. The number of para-hydroxylation sites is 1. The second-order valence-corrected chi connectivity index (χ2v) is 7.43. The Hall–Kier alpha value is -2.15. The molecular weight excluding hydrogens is 395 g/mol. The molecule has 0 aliphatic rings. The van der Waals surface area contributed by atoms with E-state index in [4.69, 9.17) is 27.9 Å². The number of nitrogens with one attached hydrogen (secondary N) is 1. The molecule has 5 nitrogen and oxygen atoms in total. The van der Waals surface area contributed by atoms with Gasteiger partial charge in [-0.3, -0.25) is 9.59 Å². The lowest BCUT2D eigenvalue weighted by molar-refractivity contribution is -0.147. The number of benzene rings is 2. The zero-order valence-electron chi connectivity index (χ0n) is 13.5. The van der Waals surface area contributed by atoms with Crippen molar-refractivity contribution in [3.8, 4) is 0 Å². The number of carbonyl (C=O) groups excluding carboxylic acids is 2. The lowest BCUT2D eigenvalue weighted by Gasteiger charge is -2.07. The molecule has 0 saturated carbocycles. The van der Waals surface area contributed by atoms with Gasteiger partial charge in [-0.15, -0.1) is 11.3 Å². The summed E-state index contributed by atoms with van der Waals surface area (Å²) in [6.07, 6.45) is 0.639. The largest absolute Gasteiger partial charge is 0.456 e. The average Bonchev–Trinajstić information content (AvgIpc) is 3.00. The summed E-state index contributed by atoms with van der Waals surface area (Å²) in [4.78, 5) is 28.1. The molecule has 2 aromatic carbocycles. The molecule has 8 heteroatoms. The van der Waals surface area contributed by atoms with Crippen LogP contribution in [0.15, 0.2) is 42.5 Å². The first kappa shape index (κ1) is 18.6. The normalized spacial score (nSPS) is 10.7. The number of hydrogen-bond acceptors (Lipinski definition) is 5. The van der Waals surface area contributed by atoms with Gasteiger partial charge in [-0.05, 0) is 30.3 Å². The van der Waals surface area contributed by atoms with Gasteiger partial charge < -0.3 is 10.1 Å². The summed E-state index contributed by atoms with van der Waals surface area (Å²) in [5.41, 5.74) is 1.36. The molecule has 0 aliphatic heterocycles. The molecule has 0 saturated heterocycles. The average molecular weight is 409 g/mol. The van der Waals surface area contributed by atoms with Crippen molar-refractivity contribution in [2.75, 3.05) is 11.9 Å². The van der Waals surface area contributed by atoms with Gasteiger partial charge in [0.2, 0.25) is 0 Å². The van der Waals surface area contributed by atoms with Gasteiger partial charge in [0.15, 0.2) is 6.61 Å². The third kappa shape index (κ3) is 5.17. The number of anilines is 1. The maximum Gasteiger partial charge on any atom is 0.306 e. The molecule has 1 aromatic heterocycles. The van der Waals surface area contributed by atoms with Crippen LogP contribution in [0.2, 0.25) is 10.0 Å². The number of rotatable bonds is 6. The predicted octanol–water partition coefficient (Wildman–Crippen LogP) is 4.72. The van der Waals surface area contributed by atoms with Crippen LogP contribution in [0.5, 0.6) is 0 Å². The highest BCUT2D eigenvalue weighted by Gasteiger charge is 2.11. The number of aromatic nitrogens is 1. The summed E-state index contributed by atoms with van der Waals surface area (Å²) in [7, 11) is 0. The van der Waals surface area contributed by atoms with Crippen LogP contribution in [0.3, 0.4) is 0 Å². The summed E-state index contributed by atoms with van der Waals surface area (Å²) in [5.74, 6) is -0.916. The molecule has 0 unspecified atom stereocenters. The molecule has 1 amide bonds. The summed E-state index contributed by atoms with van der Waals surface area (Å²) in [5, 5.41) is 4.24. The first-order chi connectivity index (χ1) is 12.5. The van der Waals surface area contributed by atoms with Gasteiger partial charge in [-0.25, -0.2) is 4.98 Å². The van der Waals surface area contributed by atoms with E-state index in [0.717, 1.165) is 15.2 Å². The molecule has 3 aromatic rings. The Labute approximate surface area is 163 Å². The Kier molecular flexibility index (Phi) is 6.08. The van der Waals surface area contributed by atoms with Gasteiger partial charge in [0.05, 0.1) is 21.6 Å². The quantitative estimate of drug-likeness (QED) is 0.599. The molecule has 0 bridgehead atoms. The zero-order valence-corrected chi connectivity index (χ0v) is 15.8. The first-order valence-corrected chi connectivity index (χ1v) is 9.33. The fourth-order valence-corrected chi connectivity index (χ4v) is 3.77. The molecule has 0 aliphatic carbocycles. The molecule has 1 N–H and O–H groups in total. The van der Waals surface area contributed by atoms with Gasteiger partial charge in [0.25, 0.3) is 5.91 Å². The number of nitrogens with zero attached hydrogens (tertiary/aromatic N) is 1. The smallest absolute Gasteiger partial charge is 0.306 e. The number of carbonyl (C=O) groups is 2. The van der Waals surface area contributed by atoms with Crippen molar-refractivity contribution >= 4 is 62.3 Å². The van der Waals surface area contributed by atoms with E-state index in [2.05, 4.69) is 10.3 Å². The van der Waals surface area contributed by atoms with E-state index in [1.807, 2.05) is 24.3 Å². The molecule has 0 spiro atoms. The number of aryl methyl sites for hydroxylation is 1. The Balaban J connectivity index is 1.45. The van der Waals surface area contributed by atoms with E-state index >= 15 is 0 Å². The Bertz CT molecular complexity index is 905. The molecule has 0 radical (unpaired) electrons. The van der Waals surface area contributed by atoms with Gasteiger partial charge >= 0.3 is 5.97 Å². The van der Waals surface area contributed by atoms with E-state index in [1.165, 1.54) is 0 Å². The number of amides is 1. The van der Waals surface area contributed by atoms with E-state index in [1.54, 1.807) is 29.5 Å². The third-order valence-corrected chi connectivity index (χ3v) is 4.92.